The van der Waals surface area contributed by atoms with E-state index >= 15 is 0 Å². The summed E-state index contributed by atoms with van der Waals surface area (Å²) in [4.78, 5) is 11.2. The molecule has 1 aliphatic rings. The Morgan fingerprint density at radius 3 is 3.00 bits per heavy atom. The number of carbonyl (C=O) groups excluding carboxylic acids is 1. The van der Waals surface area contributed by atoms with Crippen LogP contribution in [-0.2, 0) is 25.4 Å². The molecule has 1 heterocycles. The summed E-state index contributed by atoms with van der Waals surface area (Å²) < 4.78 is 16.2. The summed E-state index contributed by atoms with van der Waals surface area (Å²) in [5.41, 5.74) is 2.38. The van der Waals surface area contributed by atoms with Gasteiger partial charge in [0.1, 0.15) is 0 Å². The molecule has 0 spiro atoms. The zero-order chi connectivity index (χ0) is 13.9. The topological polar surface area (TPSA) is 44.8 Å². The quantitative estimate of drug-likeness (QED) is 0.782. The highest BCUT2D eigenvalue weighted by Gasteiger charge is 2.38. The molecule has 1 fully saturated rings. The van der Waals surface area contributed by atoms with Gasteiger partial charge in [-0.2, -0.15) is 0 Å². The van der Waals surface area contributed by atoms with Crippen molar-refractivity contribution in [1.82, 2.24) is 0 Å². The number of aryl methyl sites for hydroxylation is 1. The maximum atomic E-state index is 11.2. The number of carbonyl (C=O) groups is 1. The Morgan fingerprint density at radius 2 is 2.32 bits per heavy atom. The van der Waals surface area contributed by atoms with E-state index in [9.17, 15) is 4.79 Å². The van der Waals surface area contributed by atoms with E-state index in [4.69, 9.17) is 9.47 Å². The zero-order valence-electron chi connectivity index (χ0n) is 11.6. The van der Waals surface area contributed by atoms with Crippen LogP contribution in [0.2, 0.25) is 0 Å². The molecule has 0 aromatic heterocycles. The Balaban J connectivity index is 1.95. The van der Waals surface area contributed by atoms with Gasteiger partial charge in [0.2, 0.25) is 0 Å². The molecular formula is C15H20O4. The molecular weight excluding hydrogens is 244 g/mol. The fraction of sp³-hybridized carbons (Fsp3) is 0.533. The Labute approximate surface area is 113 Å². The zero-order valence-corrected chi connectivity index (χ0v) is 11.6. The maximum absolute atomic E-state index is 11.2. The van der Waals surface area contributed by atoms with E-state index < -0.39 is 5.79 Å². The largest absolute Gasteiger partial charge is 0.469 e. The van der Waals surface area contributed by atoms with E-state index in [0.29, 0.717) is 13.0 Å². The Hall–Kier alpha value is -1.39. The second-order valence-corrected chi connectivity index (χ2v) is 5.13. The van der Waals surface area contributed by atoms with Crippen molar-refractivity contribution in [2.75, 3.05) is 13.7 Å². The third-order valence-electron chi connectivity index (χ3n) is 3.22. The van der Waals surface area contributed by atoms with Gasteiger partial charge in [-0.25, -0.2) is 0 Å². The first-order valence-corrected chi connectivity index (χ1v) is 6.45. The molecule has 0 amide bonds. The average molecular weight is 264 g/mol. The average Bonchev–Trinajstić information content (AvgIpc) is 2.70. The van der Waals surface area contributed by atoms with Crippen molar-refractivity contribution in [1.29, 1.82) is 0 Å². The SMILES string of the molecule is COC(=O)CC1COC(C)(Cc2cccc(C)c2)O1. The van der Waals surface area contributed by atoms with Gasteiger partial charge in [-0.1, -0.05) is 29.8 Å². The van der Waals surface area contributed by atoms with Crippen LogP contribution in [0.3, 0.4) is 0 Å². The third-order valence-corrected chi connectivity index (χ3v) is 3.22. The van der Waals surface area contributed by atoms with E-state index in [2.05, 4.69) is 29.9 Å². The van der Waals surface area contributed by atoms with Gasteiger partial charge in [0, 0.05) is 6.42 Å². The number of ether oxygens (including phenoxy) is 3. The van der Waals surface area contributed by atoms with E-state index in [-0.39, 0.29) is 18.5 Å². The molecule has 19 heavy (non-hydrogen) atoms. The molecule has 1 aromatic rings. The lowest BCUT2D eigenvalue weighted by molar-refractivity contribution is -0.159. The van der Waals surface area contributed by atoms with Crippen molar-refractivity contribution in [3.05, 3.63) is 35.4 Å². The van der Waals surface area contributed by atoms with Crippen LogP contribution in [-0.4, -0.2) is 31.6 Å². The van der Waals surface area contributed by atoms with E-state index in [1.165, 1.54) is 18.2 Å². The Morgan fingerprint density at radius 1 is 1.53 bits per heavy atom. The van der Waals surface area contributed by atoms with Crippen LogP contribution in [0.4, 0.5) is 0 Å². The molecule has 0 radical (unpaired) electrons. The standard InChI is InChI=1S/C15H20O4/c1-11-5-4-6-12(7-11)9-15(2)18-10-13(19-15)8-14(16)17-3/h4-7,13H,8-10H2,1-3H3. The minimum Gasteiger partial charge on any atom is -0.469 e. The molecule has 1 aliphatic heterocycles. The Kier molecular flexibility index (Phi) is 4.22. The molecule has 2 unspecified atom stereocenters. The van der Waals surface area contributed by atoms with E-state index in [1.807, 2.05) is 13.0 Å². The van der Waals surface area contributed by atoms with Crippen LogP contribution in [0.5, 0.6) is 0 Å². The van der Waals surface area contributed by atoms with Gasteiger partial charge < -0.3 is 14.2 Å². The van der Waals surface area contributed by atoms with Gasteiger partial charge in [-0.3, -0.25) is 4.79 Å². The van der Waals surface area contributed by atoms with Crippen LogP contribution in [0.25, 0.3) is 0 Å². The first-order valence-electron chi connectivity index (χ1n) is 6.45. The lowest BCUT2D eigenvalue weighted by Crippen LogP contribution is -2.30. The van der Waals surface area contributed by atoms with Crippen molar-refractivity contribution in [3.63, 3.8) is 0 Å². The monoisotopic (exact) mass is 264 g/mol. The minimum atomic E-state index is -0.660. The Bertz CT molecular complexity index is 457. The number of hydrogen-bond acceptors (Lipinski definition) is 4. The molecule has 104 valence electrons. The van der Waals surface area contributed by atoms with Crippen molar-refractivity contribution in [2.24, 2.45) is 0 Å². The van der Waals surface area contributed by atoms with Crippen LogP contribution in [0, 0.1) is 6.92 Å². The fourth-order valence-corrected chi connectivity index (χ4v) is 2.35. The van der Waals surface area contributed by atoms with Crippen molar-refractivity contribution >= 4 is 5.97 Å². The van der Waals surface area contributed by atoms with E-state index in [0.717, 1.165) is 0 Å². The predicted molar refractivity (Wildman–Crippen MR) is 70.7 cm³/mol. The van der Waals surface area contributed by atoms with Gasteiger partial charge in [0.15, 0.2) is 5.79 Å². The number of rotatable bonds is 4. The first kappa shape index (κ1) is 14.0. The van der Waals surface area contributed by atoms with E-state index in [1.54, 1.807) is 0 Å². The summed E-state index contributed by atoms with van der Waals surface area (Å²) in [6, 6.07) is 8.25. The van der Waals surface area contributed by atoms with Gasteiger partial charge >= 0.3 is 5.97 Å². The van der Waals surface area contributed by atoms with Crippen molar-refractivity contribution in [3.8, 4) is 0 Å². The highest BCUT2D eigenvalue weighted by molar-refractivity contribution is 5.69. The summed E-state index contributed by atoms with van der Waals surface area (Å²) in [6.45, 7) is 4.40. The summed E-state index contributed by atoms with van der Waals surface area (Å²) in [5.74, 6) is -0.930. The number of methoxy groups -OCH3 is 1. The van der Waals surface area contributed by atoms with Gasteiger partial charge in [0.25, 0.3) is 0 Å². The summed E-state index contributed by atoms with van der Waals surface area (Å²) >= 11 is 0. The van der Waals surface area contributed by atoms with Gasteiger partial charge in [0.05, 0.1) is 26.2 Å². The molecule has 2 atom stereocenters. The highest BCUT2D eigenvalue weighted by Crippen LogP contribution is 2.29. The fourth-order valence-electron chi connectivity index (χ4n) is 2.35. The molecule has 4 nitrogen and oxygen atoms in total. The van der Waals surface area contributed by atoms with Crippen molar-refractivity contribution in [2.45, 2.75) is 38.6 Å². The normalized spacial score (nSPS) is 26.4. The van der Waals surface area contributed by atoms with Gasteiger partial charge in [-0.15, -0.1) is 0 Å². The molecule has 1 saturated heterocycles. The smallest absolute Gasteiger partial charge is 0.308 e. The van der Waals surface area contributed by atoms with Crippen molar-refractivity contribution < 1.29 is 19.0 Å². The van der Waals surface area contributed by atoms with Crippen LogP contribution >= 0.6 is 0 Å². The summed E-state index contributed by atoms with van der Waals surface area (Å²) in [6.07, 6.45) is 0.689. The lowest BCUT2D eigenvalue weighted by atomic mass is 10.0. The summed E-state index contributed by atoms with van der Waals surface area (Å²) in [5, 5.41) is 0. The summed E-state index contributed by atoms with van der Waals surface area (Å²) in [7, 11) is 1.38. The third kappa shape index (κ3) is 3.78. The second-order valence-electron chi connectivity index (χ2n) is 5.13. The minimum absolute atomic E-state index is 0.220. The molecule has 0 saturated carbocycles. The molecule has 4 heteroatoms. The number of hydrogen-bond donors (Lipinski definition) is 0. The van der Waals surface area contributed by atoms with Crippen LogP contribution < -0.4 is 0 Å². The highest BCUT2D eigenvalue weighted by atomic mass is 16.7. The predicted octanol–water partition coefficient (Wildman–Crippen LogP) is 2.23. The molecule has 0 N–H and O–H groups in total. The number of benzene rings is 1. The molecule has 0 aliphatic carbocycles. The second kappa shape index (κ2) is 5.72. The van der Waals surface area contributed by atoms with Crippen LogP contribution in [0.15, 0.2) is 24.3 Å². The molecule has 2 rings (SSSR count). The van der Waals surface area contributed by atoms with Crippen LogP contribution in [0.1, 0.15) is 24.5 Å². The lowest BCUT2D eigenvalue weighted by Gasteiger charge is -2.23. The molecule has 1 aromatic carbocycles. The first-order chi connectivity index (χ1) is 9.00. The van der Waals surface area contributed by atoms with Gasteiger partial charge in [-0.05, 0) is 19.4 Å². The maximum Gasteiger partial charge on any atom is 0.308 e. The molecule has 0 bridgehead atoms. The number of esters is 1.